The van der Waals surface area contributed by atoms with Gasteiger partial charge in [0.05, 0.1) is 12.0 Å². The van der Waals surface area contributed by atoms with Crippen molar-refractivity contribution < 1.29 is 9.66 Å². The molecule has 1 aliphatic carbocycles. The van der Waals surface area contributed by atoms with Crippen LogP contribution in [-0.2, 0) is 0 Å². The molecule has 92 valence electrons. The van der Waals surface area contributed by atoms with Crippen LogP contribution in [0.4, 0.5) is 11.4 Å². The van der Waals surface area contributed by atoms with Crippen LogP contribution in [0.3, 0.4) is 0 Å². The van der Waals surface area contributed by atoms with Gasteiger partial charge in [-0.1, -0.05) is 15.9 Å². The monoisotopic (exact) mass is 300 g/mol. The molecule has 0 bridgehead atoms. The van der Waals surface area contributed by atoms with E-state index < -0.39 is 4.92 Å². The maximum atomic E-state index is 11.0. The van der Waals surface area contributed by atoms with Crippen molar-refractivity contribution in [3.8, 4) is 5.75 Å². The molecule has 0 radical (unpaired) electrons. The van der Waals surface area contributed by atoms with Gasteiger partial charge in [-0.15, -0.1) is 0 Å². The van der Waals surface area contributed by atoms with E-state index in [0.717, 1.165) is 11.0 Å². The number of hydrogen-bond donors (Lipinski definition) is 1. The van der Waals surface area contributed by atoms with Crippen LogP contribution in [0.2, 0.25) is 0 Å². The highest BCUT2D eigenvalue weighted by Crippen LogP contribution is 2.39. The molecule has 0 atom stereocenters. The lowest BCUT2D eigenvalue weighted by Gasteiger charge is -2.10. The van der Waals surface area contributed by atoms with Crippen LogP contribution in [0.1, 0.15) is 12.8 Å². The van der Waals surface area contributed by atoms with E-state index in [1.54, 1.807) is 12.1 Å². The first kappa shape index (κ1) is 12.2. The van der Waals surface area contributed by atoms with Crippen molar-refractivity contribution in [2.45, 2.75) is 12.8 Å². The number of nitrogens with one attached hydrogen (secondary N) is 1. The Labute approximate surface area is 107 Å². The van der Waals surface area contributed by atoms with Gasteiger partial charge in [-0.2, -0.15) is 0 Å². The van der Waals surface area contributed by atoms with Crippen LogP contribution in [0.15, 0.2) is 16.6 Å². The van der Waals surface area contributed by atoms with Crippen molar-refractivity contribution in [3.05, 3.63) is 26.7 Å². The number of hydrogen-bond acceptors (Lipinski definition) is 4. The van der Waals surface area contributed by atoms with Gasteiger partial charge in [0.25, 0.3) is 0 Å². The smallest absolute Gasteiger partial charge is 0.333 e. The van der Waals surface area contributed by atoms with Crippen molar-refractivity contribution in [1.29, 1.82) is 0 Å². The zero-order chi connectivity index (χ0) is 12.4. The SMILES string of the molecule is COc1cc(Br)cc(NCC2CC2)c1[N+](=O)[O-]. The van der Waals surface area contributed by atoms with Gasteiger partial charge in [-0.3, -0.25) is 10.1 Å². The first-order valence-electron chi connectivity index (χ1n) is 5.37. The largest absolute Gasteiger partial charge is 0.490 e. The van der Waals surface area contributed by atoms with E-state index in [2.05, 4.69) is 21.2 Å². The molecule has 1 N–H and O–H groups in total. The fourth-order valence-corrected chi connectivity index (χ4v) is 2.07. The molecule has 1 aromatic rings. The minimum absolute atomic E-state index is 0.00338. The van der Waals surface area contributed by atoms with E-state index in [4.69, 9.17) is 4.74 Å². The minimum Gasteiger partial charge on any atom is -0.490 e. The van der Waals surface area contributed by atoms with Gasteiger partial charge in [0.2, 0.25) is 0 Å². The number of methoxy groups -OCH3 is 1. The van der Waals surface area contributed by atoms with Crippen LogP contribution >= 0.6 is 15.9 Å². The van der Waals surface area contributed by atoms with Gasteiger partial charge < -0.3 is 10.1 Å². The average Bonchev–Trinajstić information content (AvgIpc) is 3.08. The molecule has 0 aromatic heterocycles. The third kappa shape index (κ3) is 2.88. The molecule has 0 saturated heterocycles. The molecule has 1 fully saturated rings. The maximum Gasteiger partial charge on any atom is 0.333 e. The lowest BCUT2D eigenvalue weighted by atomic mass is 10.2. The summed E-state index contributed by atoms with van der Waals surface area (Å²) in [6.07, 6.45) is 2.40. The average molecular weight is 301 g/mol. The number of nitrogens with zero attached hydrogens (tertiary/aromatic N) is 1. The topological polar surface area (TPSA) is 64.4 Å². The molecule has 0 heterocycles. The number of nitro benzene ring substituents is 1. The summed E-state index contributed by atoms with van der Waals surface area (Å²) in [4.78, 5) is 10.6. The Morgan fingerprint density at radius 2 is 2.29 bits per heavy atom. The van der Waals surface area contributed by atoms with Crippen molar-refractivity contribution in [1.82, 2.24) is 0 Å². The fourth-order valence-electron chi connectivity index (χ4n) is 1.63. The van der Waals surface area contributed by atoms with Gasteiger partial charge >= 0.3 is 5.69 Å². The second kappa shape index (κ2) is 4.91. The lowest BCUT2D eigenvalue weighted by Crippen LogP contribution is -2.06. The number of anilines is 1. The molecule has 17 heavy (non-hydrogen) atoms. The van der Waals surface area contributed by atoms with Gasteiger partial charge in [0.1, 0.15) is 5.69 Å². The second-order valence-electron chi connectivity index (χ2n) is 4.09. The number of halogens is 1. The van der Waals surface area contributed by atoms with Crippen LogP contribution in [0.25, 0.3) is 0 Å². The molecule has 1 aromatic carbocycles. The van der Waals surface area contributed by atoms with E-state index in [9.17, 15) is 10.1 Å². The van der Waals surface area contributed by atoms with Crippen LogP contribution < -0.4 is 10.1 Å². The summed E-state index contributed by atoms with van der Waals surface area (Å²) in [6, 6.07) is 3.31. The van der Waals surface area contributed by atoms with E-state index in [-0.39, 0.29) is 11.4 Å². The predicted molar refractivity (Wildman–Crippen MR) is 68.6 cm³/mol. The summed E-state index contributed by atoms with van der Waals surface area (Å²) in [5.41, 5.74) is 0.504. The number of ether oxygens (including phenoxy) is 1. The predicted octanol–water partition coefficient (Wildman–Crippen LogP) is 3.19. The molecule has 0 spiro atoms. The third-order valence-electron chi connectivity index (χ3n) is 2.72. The number of benzene rings is 1. The van der Waals surface area contributed by atoms with Crippen molar-refractivity contribution in [2.75, 3.05) is 19.0 Å². The zero-order valence-corrected chi connectivity index (χ0v) is 11.0. The quantitative estimate of drug-likeness (QED) is 0.670. The standard InChI is InChI=1S/C11H13BrN2O3/c1-17-10-5-8(12)4-9(11(10)14(15)16)13-6-7-2-3-7/h4-5,7,13H,2-3,6H2,1H3. The Kier molecular flexibility index (Phi) is 3.51. The van der Waals surface area contributed by atoms with Crippen molar-refractivity contribution in [3.63, 3.8) is 0 Å². The van der Waals surface area contributed by atoms with E-state index in [1.165, 1.54) is 20.0 Å². The molecular formula is C11H13BrN2O3. The summed E-state index contributed by atoms with van der Waals surface area (Å²) >= 11 is 3.32. The van der Waals surface area contributed by atoms with E-state index in [0.29, 0.717) is 11.6 Å². The first-order valence-corrected chi connectivity index (χ1v) is 6.17. The fraction of sp³-hybridized carbons (Fsp3) is 0.455. The van der Waals surface area contributed by atoms with E-state index >= 15 is 0 Å². The highest BCUT2D eigenvalue weighted by molar-refractivity contribution is 9.10. The van der Waals surface area contributed by atoms with Crippen LogP contribution in [-0.4, -0.2) is 18.6 Å². The minimum atomic E-state index is -0.416. The summed E-state index contributed by atoms with van der Waals surface area (Å²) in [5.74, 6) is 0.919. The molecule has 0 aliphatic heterocycles. The summed E-state index contributed by atoms with van der Waals surface area (Å²) in [6.45, 7) is 0.778. The molecule has 1 saturated carbocycles. The summed E-state index contributed by atoms with van der Waals surface area (Å²) < 4.78 is 5.80. The number of rotatable bonds is 5. The number of nitro groups is 1. The Bertz CT molecular complexity index is 447. The lowest BCUT2D eigenvalue weighted by molar-refractivity contribution is -0.384. The normalized spacial score (nSPS) is 14.5. The third-order valence-corrected chi connectivity index (χ3v) is 3.18. The second-order valence-corrected chi connectivity index (χ2v) is 5.00. The van der Waals surface area contributed by atoms with Gasteiger partial charge in [0.15, 0.2) is 5.75 Å². The maximum absolute atomic E-state index is 11.0. The highest BCUT2D eigenvalue weighted by Gasteiger charge is 2.25. The van der Waals surface area contributed by atoms with Gasteiger partial charge in [0, 0.05) is 17.1 Å². The van der Waals surface area contributed by atoms with Gasteiger partial charge in [-0.05, 0) is 24.8 Å². The molecule has 5 nitrogen and oxygen atoms in total. The van der Waals surface area contributed by atoms with Crippen LogP contribution in [0.5, 0.6) is 5.75 Å². The highest BCUT2D eigenvalue weighted by atomic mass is 79.9. The Morgan fingerprint density at radius 1 is 1.59 bits per heavy atom. The molecule has 0 amide bonds. The van der Waals surface area contributed by atoms with Gasteiger partial charge in [-0.25, -0.2) is 0 Å². The Balaban J connectivity index is 2.31. The van der Waals surface area contributed by atoms with E-state index in [1.807, 2.05) is 0 Å². The Morgan fingerprint density at radius 3 is 2.82 bits per heavy atom. The molecule has 2 rings (SSSR count). The summed E-state index contributed by atoms with van der Waals surface area (Å²) in [5, 5.41) is 14.2. The molecule has 1 aliphatic rings. The summed E-state index contributed by atoms with van der Waals surface area (Å²) in [7, 11) is 1.43. The molecule has 0 unspecified atom stereocenters. The zero-order valence-electron chi connectivity index (χ0n) is 9.40. The van der Waals surface area contributed by atoms with Crippen molar-refractivity contribution in [2.24, 2.45) is 5.92 Å². The first-order chi connectivity index (χ1) is 8.11. The van der Waals surface area contributed by atoms with Crippen molar-refractivity contribution >= 4 is 27.3 Å². The molecule has 6 heteroatoms. The Hall–Kier alpha value is -1.30. The van der Waals surface area contributed by atoms with Crippen LogP contribution in [0, 0.1) is 16.0 Å². The molecular weight excluding hydrogens is 288 g/mol.